The number of thiophene rings is 1. The van der Waals surface area contributed by atoms with Crippen LogP contribution in [0.25, 0.3) is 0 Å². The van der Waals surface area contributed by atoms with Gasteiger partial charge in [-0.1, -0.05) is 0 Å². The van der Waals surface area contributed by atoms with Crippen LogP contribution in [0.15, 0.2) is 16.8 Å². The second-order valence-corrected chi connectivity index (χ2v) is 5.56. The zero-order chi connectivity index (χ0) is 12.5. The summed E-state index contributed by atoms with van der Waals surface area (Å²) in [5, 5.41) is 7.85. The van der Waals surface area contributed by atoms with Gasteiger partial charge in [0.1, 0.15) is 0 Å². The van der Waals surface area contributed by atoms with Gasteiger partial charge in [0.25, 0.3) is 0 Å². The summed E-state index contributed by atoms with van der Waals surface area (Å²) < 4.78 is 0. The molecule has 0 saturated heterocycles. The molecule has 1 aromatic heterocycles. The first-order valence-corrected chi connectivity index (χ1v) is 7.18. The number of hydrogen-bond acceptors (Lipinski definition) is 4. The van der Waals surface area contributed by atoms with E-state index in [0.29, 0.717) is 0 Å². The Morgan fingerprint density at radius 3 is 2.65 bits per heavy atom. The molecule has 0 aliphatic rings. The highest BCUT2D eigenvalue weighted by atomic mass is 32.1. The Bertz CT molecular complexity index is 272. The van der Waals surface area contributed by atoms with Crippen LogP contribution in [0.1, 0.15) is 12.0 Å². The van der Waals surface area contributed by atoms with Crippen LogP contribution in [-0.2, 0) is 6.54 Å². The third-order valence-corrected chi connectivity index (χ3v) is 3.39. The zero-order valence-corrected chi connectivity index (χ0v) is 12.1. The van der Waals surface area contributed by atoms with Gasteiger partial charge in [0.05, 0.1) is 0 Å². The second-order valence-electron chi connectivity index (χ2n) is 4.78. The molecular weight excluding hydrogens is 230 g/mol. The lowest BCUT2D eigenvalue weighted by Crippen LogP contribution is -2.30. The molecule has 4 heteroatoms. The number of nitrogens with one attached hydrogen (secondary N) is 1. The molecule has 0 fully saturated rings. The third kappa shape index (κ3) is 7.49. The van der Waals surface area contributed by atoms with E-state index >= 15 is 0 Å². The first-order chi connectivity index (χ1) is 8.18. The molecule has 0 radical (unpaired) electrons. The van der Waals surface area contributed by atoms with Crippen LogP contribution in [-0.4, -0.2) is 57.1 Å². The van der Waals surface area contributed by atoms with Crippen molar-refractivity contribution >= 4 is 11.3 Å². The van der Waals surface area contributed by atoms with E-state index in [1.807, 2.05) is 0 Å². The largest absolute Gasteiger partial charge is 0.315 e. The molecule has 0 unspecified atom stereocenters. The fourth-order valence-electron chi connectivity index (χ4n) is 1.69. The quantitative estimate of drug-likeness (QED) is 0.678. The van der Waals surface area contributed by atoms with Crippen LogP contribution in [0.4, 0.5) is 0 Å². The summed E-state index contributed by atoms with van der Waals surface area (Å²) in [5.41, 5.74) is 1.42. The summed E-state index contributed by atoms with van der Waals surface area (Å²) in [6, 6.07) is 2.20. The predicted molar refractivity (Wildman–Crippen MR) is 76.7 cm³/mol. The maximum atomic E-state index is 3.49. The first-order valence-electron chi connectivity index (χ1n) is 6.23. The van der Waals surface area contributed by atoms with E-state index in [1.54, 1.807) is 11.3 Å². The van der Waals surface area contributed by atoms with Gasteiger partial charge in [-0.15, -0.1) is 0 Å². The van der Waals surface area contributed by atoms with Crippen molar-refractivity contribution in [1.29, 1.82) is 0 Å². The molecule has 1 heterocycles. The van der Waals surface area contributed by atoms with Crippen molar-refractivity contribution in [2.45, 2.75) is 13.0 Å². The lowest BCUT2D eigenvalue weighted by molar-refractivity contribution is 0.322. The van der Waals surface area contributed by atoms with E-state index < -0.39 is 0 Å². The van der Waals surface area contributed by atoms with Crippen LogP contribution in [0.5, 0.6) is 0 Å². The summed E-state index contributed by atoms with van der Waals surface area (Å²) in [4.78, 5) is 4.59. The number of nitrogens with zero attached hydrogens (tertiary/aromatic N) is 2. The molecule has 0 aliphatic heterocycles. The predicted octanol–water partition coefficient (Wildman–Crippen LogP) is 1.72. The molecule has 98 valence electrons. The summed E-state index contributed by atoms with van der Waals surface area (Å²) >= 11 is 1.77. The topological polar surface area (TPSA) is 18.5 Å². The molecule has 0 atom stereocenters. The van der Waals surface area contributed by atoms with E-state index in [9.17, 15) is 0 Å². The average Bonchev–Trinajstić information content (AvgIpc) is 2.75. The molecular formula is C13H25N3S. The van der Waals surface area contributed by atoms with Gasteiger partial charge in [0.15, 0.2) is 0 Å². The van der Waals surface area contributed by atoms with E-state index in [0.717, 1.165) is 32.7 Å². The fraction of sp³-hybridized carbons (Fsp3) is 0.692. The molecule has 1 aromatic rings. The number of hydrogen-bond donors (Lipinski definition) is 1. The fourth-order valence-corrected chi connectivity index (χ4v) is 2.35. The first kappa shape index (κ1) is 14.6. The zero-order valence-electron chi connectivity index (χ0n) is 11.3. The Labute approximate surface area is 109 Å². The van der Waals surface area contributed by atoms with Crippen molar-refractivity contribution in [2.75, 3.05) is 47.3 Å². The lowest BCUT2D eigenvalue weighted by Gasteiger charge is -2.16. The van der Waals surface area contributed by atoms with E-state index in [4.69, 9.17) is 0 Å². The molecule has 0 spiro atoms. The molecule has 17 heavy (non-hydrogen) atoms. The van der Waals surface area contributed by atoms with Gasteiger partial charge in [0, 0.05) is 19.6 Å². The van der Waals surface area contributed by atoms with Gasteiger partial charge in [-0.25, -0.2) is 0 Å². The summed E-state index contributed by atoms with van der Waals surface area (Å²) in [7, 11) is 6.42. The number of likely N-dealkylation sites (N-methyl/N-ethyl adjacent to an activating group) is 1. The minimum absolute atomic E-state index is 1.06. The van der Waals surface area contributed by atoms with E-state index in [1.165, 1.54) is 12.0 Å². The normalized spacial score (nSPS) is 11.6. The highest BCUT2D eigenvalue weighted by molar-refractivity contribution is 7.07. The maximum absolute atomic E-state index is 3.49. The van der Waals surface area contributed by atoms with Crippen LogP contribution in [0.2, 0.25) is 0 Å². The molecule has 0 saturated carbocycles. The van der Waals surface area contributed by atoms with Crippen LogP contribution < -0.4 is 5.32 Å². The van der Waals surface area contributed by atoms with Gasteiger partial charge in [-0.3, -0.25) is 0 Å². The van der Waals surface area contributed by atoms with Crippen molar-refractivity contribution in [3.05, 3.63) is 22.4 Å². The van der Waals surface area contributed by atoms with Gasteiger partial charge in [-0.2, -0.15) is 11.3 Å². The third-order valence-electron chi connectivity index (χ3n) is 2.66. The van der Waals surface area contributed by atoms with Crippen molar-refractivity contribution in [2.24, 2.45) is 0 Å². The SMILES string of the molecule is CN(C)CCCNCCN(C)Cc1ccsc1. The average molecular weight is 255 g/mol. The standard InChI is InChI=1S/C13H25N3S/c1-15(2)8-4-6-14-7-9-16(3)11-13-5-10-17-12-13/h5,10,12,14H,4,6-9,11H2,1-3H3. The Kier molecular flexibility index (Phi) is 7.44. The smallest absolute Gasteiger partial charge is 0.0239 e. The maximum Gasteiger partial charge on any atom is 0.0239 e. The van der Waals surface area contributed by atoms with Crippen molar-refractivity contribution < 1.29 is 0 Å². The van der Waals surface area contributed by atoms with Crippen LogP contribution in [0.3, 0.4) is 0 Å². The molecule has 1 N–H and O–H groups in total. The molecule has 0 aromatic carbocycles. The van der Waals surface area contributed by atoms with E-state index in [2.05, 4.69) is 53.1 Å². The Morgan fingerprint density at radius 1 is 1.18 bits per heavy atom. The van der Waals surface area contributed by atoms with Gasteiger partial charge >= 0.3 is 0 Å². The van der Waals surface area contributed by atoms with E-state index in [-0.39, 0.29) is 0 Å². The van der Waals surface area contributed by atoms with Gasteiger partial charge < -0.3 is 15.1 Å². The van der Waals surface area contributed by atoms with Crippen LogP contribution in [0, 0.1) is 0 Å². The minimum Gasteiger partial charge on any atom is -0.315 e. The molecule has 0 aliphatic carbocycles. The Morgan fingerprint density at radius 2 is 2.00 bits per heavy atom. The highest BCUT2D eigenvalue weighted by Crippen LogP contribution is 2.07. The second kappa shape index (κ2) is 8.64. The van der Waals surface area contributed by atoms with Crippen molar-refractivity contribution in [3.8, 4) is 0 Å². The highest BCUT2D eigenvalue weighted by Gasteiger charge is 2.00. The Hall–Kier alpha value is -0.420. The van der Waals surface area contributed by atoms with Crippen LogP contribution >= 0.6 is 11.3 Å². The Balaban J connectivity index is 1.95. The monoisotopic (exact) mass is 255 g/mol. The lowest BCUT2D eigenvalue weighted by atomic mass is 10.3. The molecule has 3 nitrogen and oxygen atoms in total. The van der Waals surface area contributed by atoms with Crippen molar-refractivity contribution in [3.63, 3.8) is 0 Å². The molecule has 1 rings (SSSR count). The van der Waals surface area contributed by atoms with Crippen molar-refractivity contribution in [1.82, 2.24) is 15.1 Å². The minimum atomic E-state index is 1.06. The summed E-state index contributed by atoms with van der Waals surface area (Å²) in [5.74, 6) is 0. The molecule has 0 amide bonds. The molecule has 0 bridgehead atoms. The number of rotatable bonds is 9. The summed E-state index contributed by atoms with van der Waals surface area (Å²) in [6.45, 7) is 5.52. The van der Waals surface area contributed by atoms with Gasteiger partial charge in [0.2, 0.25) is 0 Å². The summed E-state index contributed by atoms with van der Waals surface area (Å²) in [6.07, 6.45) is 1.22. The van der Waals surface area contributed by atoms with Gasteiger partial charge in [-0.05, 0) is 63.0 Å².